The number of ether oxygens (including phenoxy) is 2. The van der Waals surface area contributed by atoms with Crippen molar-refractivity contribution in [1.29, 1.82) is 0 Å². The SMILES string of the molecule is COc1cc(NC(=O)COC(=O)Cc2noc3ccccc23)c(C)cc1[N+](=O)[O-]. The van der Waals surface area contributed by atoms with Crippen LogP contribution in [0.5, 0.6) is 5.75 Å². The molecule has 0 atom stereocenters. The number of nitrogens with one attached hydrogen (secondary N) is 1. The van der Waals surface area contributed by atoms with Crippen molar-refractivity contribution in [2.24, 2.45) is 0 Å². The number of nitro groups is 1. The molecule has 10 heteroatoms. The predicted molar refractivity (Wildman–Crippen MR) is 102 cm³/mol. The number of aromatic nitrogens is 1. The Balaban J connectivity index is 1.60. The maximum absolute atomic E-state index is 12.1. The van der Waals surface area contributed by atoms with Gasteiger partial charge in [0.05, 0.1) is 18.5 Å². The van der Waals surface area contributed by atoms with Gasteiger partial charge in [0, 0.05) is 23.2 Å². The van der Waals surface area contributed by atoms with E-state index in [4.69, 9.17) is 14.0 Å². The van der Waals surface area contributed by atoms with E-state index in [2.05, 4.69) is 10.5 Å². The van der Waals surface area contributed by atoms with E-state index < -0.39 is 23.4 Å². The summed E-state index contributed by atoms with van der Waals surface area (Å²) in [5.74, 6) is -1.23. The first-order chi connectivity index (χ1) is 13.9. The van der Waals surface area contributed by atoms with Crippen molar-refractivity contribution >= 4 is 34.2 Å². The molecule has 0 aliphatic rings. The number of hydrogen-bond acceptors (Lipinski definition) is 8. The minimum absolute atomic E-state index is 0.00538. The fourth-order valence-corrected chi connectivity index (χ4v) is 2.70. The Morgan fingerprint density at radius 3 is 2.76 bits per heavy atom. The fourth-order valence-electron chi connectivity index (χ4n) is 2.70. The summed E-state index contributed by atoms with van der Waals surface area (Å²) >= 11 is 0. The molecular formula is C19H17N3O7. The fraction of sp³-hybridized carbons (Fsp3) is 0.211. The van der Waals surface area contributed by atoms with Crippen LogP contribution in [-0.4, -0.2) is 35.7 Å². The van der Waals surface area contributed by atoms with E-state index in [1.165, 1.54) is 19.2 Å². The molecule has 3 aromatic rings. The van der Waals surface area contributed by atoms with Gasteiger partial charge in [-0.1, -0.05) is 17.3 Å². The van der Waals surface area contributed by atoms with Gasteiger partial charge in [-0.25, -0.2) is 0 Å². The third kappa shape index (κ3) is 4.49. The lowest BCUT2D eigenvalue weighted by atomic mass is 10.1. The molecule has 0 aliphatic carbocycles. The van der Waals surface area contributed by atoms with Crippen LogP contribution < -0.4 is 10.1 Å². The molecule has 0 fully saturated rings. The van der Waals surface area contributed by atoms with Crippen molar-refractivity contribution in [3.8, 4) is 5.75 Å². The number of aryl methyl sites for hydroxylation is 1. The number of para-hydroxylation sites is 1. The van der Waals surface area contributed by atoms with Gasteiger partial charge < -0.3 is 19.3 Å². The van der Waals surface area contributed by atoms with E-state index in [9.17, 15) is 19.7 Å². The summed E-state index contributed by atoms with van der Waals surface area (Å²) in [6.45, 7) is 1.08. The molecule has 1 heterocycles. The van der Waals surface area contributed by atoms with E-state index >= 15 is 0 Å². The zero-order chi connectivity index (χ0) is 21.0. The summed E-state index contributed by atoms with van der Waals surface area (Å²) < 4.78 is 15.1. The number of nitro benzene ring substituents is 1. The highest BCUT2D eigenvalue weighted by atomic mass is 16.6. The Morgan fingerprint density at radius 1 is 1.28 bits per heavy atom. The first-order valence-electron chi connectivity index (χ1n) is 8.51. The van der Waals surface area contributed by atoms with Crippen LogP contribution in [0.15, 0.2) is 40.9 Å². The standard InChI is InChI=1S/C19H17N3O7/c1-11-7-15(22(25)26)17(27-2)8-13(11)20-18(23)10-28-19(24)9-14-12-5-3-4-6-16(12)29-21-14/h3-8H,9-10H2,1-2H3,(H,20,23). The van der Waals surface area contributed by atoms with Crippen LogP contribution in [0.25, 0.3) is 11.0 Å². The van der Waals surface area contributed by atoms with Crippen molar-refractivity contribution in [1.82, 2.24) is 5.16 Å². The van der Waals surface area contributed by atoms with Crippen molar-refractivity contribution in [3.05, 3.63) is 57.8 Å². The lowest BCUT2D eigenvalue weighted by Crippen LogP contribution is -2.22. The Kier molecular flexibility index (Phi) is 5.72. The van der Waals surface area contributed by atoms with Crippen LogP contribution in [0.1, 0.15) is 11.3 Å². The van der Waals surface area contributed by atoms with Crippen LogP contribution in [-0.2, 0) is 20.7 Å². The third-order valence-corrected chi connectivity index (χ3v) is 4.12. The van der Waals surface area contributed by atoms with E-state index in [1.54, 1.807) is 31.2 Å². The molecule has 0 saturated carbocycles. The molecule has 1 amide bonds. The van der Waals surface area contributed by atoms with E-state index in [0.29, 0.717) is 27.9 Å². The Morgan fingerprint density at radius 2 is 2.03 bits per heavy atom. The second-order valence-electron chi connectivity index (χ2n) is 6.11. The van der Waals surface area contributed by atoms with Crippen LogP contribution in [0.3, 0.4) is 0 Å². The summed E-state index contributed by atoms with van der Waals surface area (Å²) in [4.78, 5) is 34.6. The molecule has 0 unspecified atom stereocenters. The average molecular weight is 399 g/mol. The first-order valence-corrected chi connectivity index (χ1v) is 8.51. The monoisotopic (exact) mass is 399 g/mol. The van der Waals surface area contributed by atoms with Gasteiger partial charge in [-0.2, -0.15) is 0 Å². The van der Waals surface area contributed by atoms with Crippen molar-refractivity contribution in [2.75, 3.05) is 19.0 Å². The number of methoxy groups -OCH3 is 1. The summed E-state index contributed by atoms with van der Waals surface area (Å²) in [5.41, 5.74) is 1.54. The number of hydrogen-bond donors (Lipinski definition) is 1. The molecule has 10 nitrogen and oxygen atoms in total. The van der Waals surface area contributed by atoms with Crippen molar-refractivity contribution in [3.63, 3.8) is 0 Å². The third-order valence-electron chi connectivity index (χ3n) is 4.12. The summed E-state index contributed by atoms with van der Waals surface area (Å²) in [5, 5.41) is 18.1. The molecule has 3 rings (SSSR count). The lowest BCUT2D eigenvalue weighted by Gasteiger charge is -2.11. The smallest absolute Gasteiger partial charge is 0.312 e. The zero-order valence-electron chi connectivity index (χ0n) is 15.6. The molecule has 1 aromatic heterocycles. The quantitative estimate of drug-likeness (QED) is 0.364. The first kappa shape index (κ1) is 19.8. The van der Waals surface area contributed by atoms with E-state index in [-0.39, 0.29) is 17.9 Å². The maximum atomic E-state index is 12.1. The second-order valence-corrected chi connectivity index (χ2v) is 6.11. The zero-order valence-corrected chi connectivity index (χ0v) is 15.6. The number of fused-ring (bicyclic) bond motifs is 1. The molecule has 29 heavy (non-hydrogen) atoms. The number of nitrogens with zero attached hydrogens (tertiary/aromatic N) is 2. The summed E-state index contributed by atoms with van der Waals surface area (Å²) in [6, 6.07) is 9.71. The van der Waals surface area contributed by atoms with Gasteiger partial charge in [0.2, 0.25) is 0 Å². The van der Waals surface area contributed by atoms with Crippen LogP contribution >= 0.6 is 0 Å². The molecule has 0 bridgehead atoms. The van der Waals surface area contributed by atoms with Crippen LogP contribution in [0, 0.1) is 17.0 Å². The Labute approximate surface area is 164 Å². The lowest BCUT2D eigenvalue weighted by molar-refractivity contribution is -0.385. The van der Waals surface area contributed by atoms with E-state index in [0.717, 1.165) is 0 Å². The van der Waals surface area contributed by atoms with Crippen LogP contribution in [0.2, 0.25) is 0 Å². The molecule has 2 aromatic carbocycles. The number of benzene rings is 2. The second kappa shape index (κ2) is 8.38. The minimum Gasteiger partial charge on any atom is -0.490 e. The molecule has 1 N–H and O–H groups in total. The number of rotatable bonds is 7. The summed E-state index contributed by atoms with van der Waals surface area (Å²) in [6.07, 6.45) is -0.144. The maximum Gasteiger partial charge on any atom is 0.312 e. The normalized spacial score (nSPS) is 10.6. The Hall–Kier alpha value is -3.95. The molecule has 0 spiro atoms. The number of esters is 1. The largest absolute Gasteiger partial charge is 0.490 e. The molecule has 0 radical (unpaired) electrons. The predicted octanol–water partition coefficient (Wildman–Crippen LogP) is 2.78. The van der Waals surface area contributed by atoms with Gasteiger partial charge in [-0.3, -0.25) is 19.7 Å². The number of carbonyl (C=O) groups is 2. The number of carbonyl (C=O) groups excluding carboxylic acids is 2. The van der Waals surface area contributed by atoms with Gasteiger partial charge in [0.1, 0.15) is 5.69 Å². The number of amides is 1. The van der Waals surface area contributed by atoms with Gasteiger partial charge >= 0.3 is 11.7 Å². The van der Waals surface area contributed by atoms with Gasteiger partial charge in [-0.15, -0.1) is 0 Å². The van der Waals surface area contributed by atoms with Crippen LogP contribution in [0.4, 0.5) is 11.4 Å². The molecule has 0 saturated heterocycles. The minimum atomic E-state index is -0.641. The molecule has 0 aliphatic heterocycles. The topological polar surface area (TPSA) is 134 Å². The average Bonchev–Trinajstić information content (AvgIpc) is 3.10. The highest BCUT2D eigenvalue weighted by Crippen LogP contribution is 2.32. The van der Waals surface area contributed by atoms with Gasteiger partial charge in [0.25, 0.3) is 5.91 Å². The number of anilines is 1. The van der Waals surface area contributed by atoms with Crippen molar-refractivity contribution < 1.29 is 28.5 Å². The highest BCUT2D eigenvalue weighted by Gasteiger charge is 2.19. The van der Waals surface area contributed by atoms with E-state index in [1.807, 2.05) is 0 Å². The highest BCUT2D eigenvalue weighted by molar-refractivity contribution is 5.94. The van der Waals surface area contributed by atoms with Gasteiger partial charge in [0.15, 0.2) is 17.9 Å². The van der Waals surface area contributed by atoms with Crippen molar-refractivity contribution in [2.45, 2.75) is 13.3 Å². The Bertz CT molecular complexity index is 1090. The molecule has 150 valence electrons. The summed E-state index contributed by atoms with van der Waals surface area (Å²) in [7, 11) is 1.29. The molecular weight excluding hydrogens is 382 g/mol. The van der Waals surface area contributed by atoms with Gasteiger partial charge in [-0.05, 0) is 24.6 Å².